The summed E-state index contributed by atoms with van der Waals surface area (Å²) in [7, 11) is 0. The van der Waals surface area contributed by atoms with E-state index in [1.54, 1.807) is 0 Å². The van der Waals surface area contributed by atoms with Gasteiger partial charge in [0.2, 0.25) is 0 Å². The van der Waals surface area contributed by atoms with Crippen molar-refractivity contribution < 1.29 is 0 Å². The molecule has 0 bridgehead atoms. The fourth-order valence-corrected chi connectivity index (χ4v) is 4.26. The van der Waals surface area contributed by atoms with Gasteiger partial charge in [-0.05, 0) is 43.9 Å². The van der Waals surface area contributed by atoms with Crippen molar-refractivity contribution in [1.29, 1.82) is 0 Å². The maximum Gasteiger partial charge on any atom is 0.0449 e. The van der Waals surface area contributed by atoms with E-state index in [0.717, 1.165) is 16.7 Å². The Morgan fingerprint density at radius 3 is 2.72 bits per heavy atom. The van der Waals surface area contributed by atoms with Gasteiger partial charge in [-0.2, -0.15) is 0 Å². The molecule has 1 aromatic rings. The summed E-state index contributed by atoms with van der Waals surface area (Å²) in [6.07, 6.45) is 7.71. The number of hydrogen-bond donors (Lipinski definition) is 1. The summed E-state index contributed by atoms with van der Waals surface area (Å²) in [4.78, 5) is 1.34. The average molecular weight is 284 g/mol. The van der Waals surface area contributed by atoms with Gasteiger partial charge in [0.25, 0.3) is 0 Å². The van der Waals surface area contributed by atoms with Crippen molar-refractivity contribution in [2.45, 2.75) is 61.6 Å². The number of thioether (sulfide) groups is 1. The molecule has 2 rings (SSSR count). The lowest BCUT2D eigenvalue weighted by Gasteiger charge is -2.23. The van der Waals surface area contributed by atoms with E-state index in [1.165, 1.54) is 42.6 Å². The molecule has 1 aliphatic carbocycles. The predicted octanol–water partition coefficient (Wildman–Crippen LogP) is 4.65. The van der Waals surface area contributed by atoms with Crippen molar-refractivity contribution in [2.24, 2.45) is 5.73 Å². The molecule has 1 saturated carbocycles. The summed E-state index contributed by atoms with van der Waals surface area (Å²) in [6.45, 7) is 2.04. The molecule has 1 aromatic carbocycles. The Morgan fingerprint density at radius 1 is 1.33 bits per heavy atom. The molecule has 100 valence electrons. The van der Waals surface area contributed by atoms with Crippen LogP contribution in [0.3, 0.4) is 0 Å². The van der Waals surface area contributed by atoms with Crippen LogP contribution >= 0.6 is 23.4 Å². The predicted molar refractivity (Wildman–Crippen MR) is 81.5 cm³/mol. The summed E-state index contributed by atoms with van der Waals surface area (Å²) in [5.74, 6) is 0. The molecule has 1 unspecified atom stereocenters. The van der Waals surface area contributed by atoms with Crippen molar-refractivity contribution >= 4 is 23.4 Å². The molecule has 0 aromatic heterocycles. The quantitative estimate of drug-likeness (QED) is 0.870. The van der Waals surface area contributed by atoms with Crippen molar-refractivity contribution in [1.82, 2.24) is 0 Å². The molecule has 1 aliphatic rings. The number of benzene rings is 1. The SMILES string of the molecule is CC(N)Cc1c(Cl)cccc1SC1CCCCC1. The van der Waals surface area contributed by atoms with E-state index in [2.05, 4.69) is 12.1 Å². The topological polar surface area (TPSA) is 26.0 Å². The van der Waals surface area contributed by atoms with Crippen molar-refractivity contribution in [3.05, 3.63) is 28.8 Å². The zero-order valence-electron chi connectivity index (χ0n) is 11.0. The summed E-state index contributed by atoms with van der Waals surface area (Å²) >= 11 is 8.33. The third-order valence-electron chi connectivity index (χ3n) is 3.45. The zero-order valence-corrected chi connectivity index (χ0v) is 12.6. The fraction of sp³-hybridized carbons (Fsp3) is 0.600. The van der Waals surface area contributed by atoms with Gasteiger partial charge >= 0.3 is 0 Å². The van der Waals surface area contributed by atoms with Gasteiger partial charge in [0.05, 0.1) is 0 Å². The molecule has 3 heteroatoms. The van der Waals surface area contributed by atoms with Gasteiger partial charge in [-0.3, -0.25) is 0 Å². The van der Waals surface area contributed by atoms with Crippen LogP contribution in [0.25, 0.3) is 0 Å². The summed E-state index contributed by atoms with van der Waals surface area (Å²) < 4.78 is 0. The first-order valence-corrected chi connectivity index (χ1v) is 8.12. The number of nitrogens with two attached hydrogens (primary N) is 1. The number of hydrogen-bond acceptors (Lipinski definition) is 2. The van der Waals surface area contributed by atoms with E-state index < -0.39 is 0 Å². The molecule has 1 atom stereocenters. The Bertz CT molecular complexity index is 386. The molecule has 1 nitrogen and oxygen atoms in total. The standard InChI is InChI=1S/C15H22ClNS/c1-11(17)10-13-14(16)8-5-9-15(13)18-12-6-3-2-4-7-12/h5,8-9,11-12H,2-4,6-7,10,17H2,1H3. The molecule has 1 fully saturated rings. The Hall–Kier alpha value is -0.180. The third kappa shape index (κ3) is 3.91. The molecule has 0 saturated heterocycles. The average Bonchev–Trinajstić information content (AvgIpc) is 2.34. The summed E-state index contributed by atoms with van der Waals surface area (Å²) in [5, 5.41) is 1.64. The zero-order chi connectivity index (χ0) is 13.0. The Kier molecular flexibility index (Phi) is 5.40. The largest absolute Gasteiger partial charge is 0.328 e. The highest BCUT2D eigenvalue weighted by Crippen LogP contribution is 2.37. The van der Waals surface area contributed by atoms with Crippen LogP contribution in [0.5, 0.6) is 0 Å². The van der Waals surface area contributed by atoms with Crippen LogP contribution < -0.4 is 5.73 Å². The van der Waals surface area contributed by atoms with Gasteiger partial charge in [-0.25, -0.2) is 0 Å². The normalized spacial score (nSPS) is 18.8. The second-order valence-corrected chi connectivity index (χ2v) is 7.03. The molecule has 0 radical (unpaired) electrons. The molecule has 0 amide bonds. The molecule has 0 aliphatic heterocycles. The van der Waals surface area contributed by atoms with E-state index in [0.29, 0.717) is 0 Å². The van der Waals surface area contributed by atoms with E-state index in [1.807, 2.05) is 24.8 Å². The lowest BCUT2D eigenvalue weighted by atomic mass is 10.0. The van der Waals surface area contributed by atoms with Crippen LogP contribution in [0.1, 0.15) is 44.6 Å². The minimum Gasteiger partial charge on any atom is -0.328 e. The molecule has 18 heavy (non-hydrogen) atoms. The Labute approximate surface area is 119 Å². The highest BCUT2D eigenvalue weighted by Gasteiger charge is 2.17. The highest BCUT2D eigenvalue weighted by molar-refractivity contribution is 8.00. The number of rotatable bonds is 4. The second-order valence-electron chi connectivity index (χ2n) is 5.28. The summed E-state index contributed by atoms with van der Waals surface area (Å²) in [6, 6.07) is 6.39. The first-order chi connectivity index (χ1) is 8.66. The van der Waals surface area contributed by atoms with Crippen LogP contribution in [-0.4, -0.2) is 11.3 Å². The van der Waals surface area contributed by atoms with Crippen molar-refractivity contribution in [3.8, 4) is 0 Å². The van der Waals surface area contributed by atoms with Crippen LogP contribution in [0.4, 0.5) is 0 Å². The van der Waals surface area contributed by atoms with Gasteiger partial charge in [0.1, 0.15) is 0 Å². The molecule has 0 heterocycles. The second kappa shape index (κ2) is 6.83. The lowest BCUT2D eigenvalue weighted by molar-refractivity contribution is 0.516. The molecular weight excluding hydrogens is 262 g/mol. The summed E-state index contributed by atoms with van der Waals surface area (Å²) in [5.41, 5.74) is 7.17. The Morgan fingerprint density at radius 2 is 2.06 bits per heavy atom. The van der Waals surface area contributed by atoms with E-state index in [4.69, 9.17) is 17.3 Å². The van der Waals surface area contributed by atoms with Crippen LogP contribution in [0, 0.1) is 0 Å². The third-order valence-corrected chi connectivity index (χ3v) is 5.24. The van der Waals surface area contributed by atoms with Crippen molar-refractivity contribution in [2.75, 3.05) is 0 Å². The van der Waals surface area contributed by atoms with E-state index in [-0.39, 0.29) is 6.04 Å². The highest BCUT2D eigenvalue weighted by atomic mass is 35.5. The van der Waals surface area contributed by atoms with Crippen LogP contribution in [0.15, 0.2) is 23.1 Å². The molecule has 2 N–H and O–H groups in total. The minimum absolute atomic E-state index is 0.163. The minimum atomic E-state index is 0.163. The van der Waals surface area contributed by atoms with Gasteiger partial charge in [-0.1, -0.05) is 36.9 Å². The van der Waals surface area contributed by atoms with Gasteiger partial charge < -0.3 is 5.73 Å². The van der Waals surface area contributed by atoms with Crippen molar-refractivity contribution in [3.63, 3.8) is 0 Å². The van der Waals surface area contributed by atoms with Crippen LogP contribution in [-0.2, 0) is 6.42 Å². The van der Waals surface area contributed by atoms with E-state index >= 15 is 0 Å². The van der Waals surface area contributed by atoms with Crippen LogP contribution in [0.2, 0.25) is 5.02 Å². The van der Waals surface area contributed by atoms with Gasteiger partial charge in [0.15, 0.2) is 0 Å². The first kappa shape index (κ1) is 14.2. The van der Waals surface area contributed by atoms with Gasteiger partial charge in [0, 0.05) is 21.2 Å². The molecule has 0 spiro atoms. The lowest BCUT2D eigenvalue weighted by Crippen LogP contribution is -2.18. The Balaban J connectivity index is 2.12. The molecular formula is C15H22ClNS. The van der Waals surface area contributed by atoms with Gasteiger partial charge in [-0.15, -0.1) is 11.8 Å². The fourth-order valence-electron chi connectivity index (χ4n) is 2.53. The van der Waals surface area contributed by atoms with E-state index in [9.17, 15) is 0 Å². The maximum absolute atomic E-state index is 6.32. The first-order valence-electron chi connectivity index (χ1n) is 6.86. The number of halogens is 1. The smallest absolute Gasteiger partial charge is 0.0449 e. The maximum atomic E-state index is 6.32. The monoisotopic (exact) mass is 283 g/mol.